The van der Waals surface area contributed by atoms with Crippen LogP contribution in [0.1, 0.15) is 25.6 Å². The van der Waals surface area contributed by atoms with Gasteiger partial charge in [-0.25, -0.2) is 9.97 Å². The fraction of sp³-hybridized carbons (Fsp3) is 0.333. The molecule has 0 aromatic carbocycles. The maximum Gasteiger partial charge on any atom is 0.133 e. The zero-order valence-corrected chi connectivity index (χ0v) is 9.69. The third-order valence-corrected chi connectivity index (χ3v) is 2.33. The Kier molecular flexibility index (Phi) is 2.90. The molecule has 0 saturated carbocycles. The molecule has 2 rings (SSSR count). The topological polar surface area (TPSA) is 51.0 Å². The minimum absolute atomic E-state index is 0.305. The van der Waals surface area contributed by atoms with Crippen molar-refractivity contribution in [2.45, 2.75) is 19.8 Å². The van der Waals surface area contributed by atoms with Gasteiger partial charge in [-0.3, -0.25) is 0 Å². The van der Waals surface area contributed by atoms with Gasteiger partial charge in [-0.2, -0.15) is 0 Å². The van der Waals surface area contributed by atoms with Crippen LogP contribution in [-0.4, -0.2) is 17.0 Å². The lowest BCUT2D eigenvalue weighted by Gasteiger charge is -2.08. The first-order chi connectivity index (χ1) is 7.70. The average molecular weight is 217 g/mol. The molecule has 1 N–H and O–H groups in total. The van der Waals surface area contributed by atoms with Crippen molar-refractivity contribution in [3.8, 4) is 11.3 Å². The first kappa shape index (κ1) is 10.7. The first-order valence-electron chi connectivity index (χ1n) is 5.30. The summed E-state index contributed by atoms with van der Waals surface area (Å²) in [6.45, 7) is 4.15. The number of aromatic nitrogens is 2. The van der Waals surface area contributed by atoms with Crippen LogP contribution in [-0.2, 0) is 0 Å². The Morgan fingerprint density at radius 1 is 1.31 bits per heavy atom. The summed E-state index contributed by atoms with van der Waals surface area (Å²) in [6, 6.07) is 3.81. The Hall–Kier alpha value is -1.84. The maximum atomic E-state index is 5.06. The molecule has 2 aromatic rings. The Balaban J connectivity index is 2.49. The van der Waals surface area contributed by atoms with Crippen molar-refractivity contribution in [2.75, 3.05) is 12.4 Å². The molecule has 0 radical (unpaired) electrons. The molecule has 2 heterocycles. The zero-order valence-electron chi connectivity index (χ0n) is 9.69. The molecule has 84 valence electrons. The smallest absolute Gasteiger partial charge is 0.133 e. The van der Waals surface area contributed by atoms with Crippen LogP contribution in [0.3, 0.4) is 0 Å². The van der Waals surface area contributed by atoms with Crippen molar-refractivity contribution >= 4 is 5.82 Å². The van der Waals surface area contributed by atoms with Crippen LogP contribution < -0.4 is 5.32 Å². The van der Waals surface area contributed by atoms with E-state index in [-0.39, 0.29) is 0 Å². The van der Waals surface area contributed by atoms with Gasteiger partial charge in [0.25, 0.3) is 0 Å². The highest BCUT2D eigenvalue weighted by atomic mass is 16.3. The molecule has 0 aliphatic rings. The molecule has 0 unspecified atom stereocenters. The van der Waals surface area contributed by atoms with Crippen LogP contribution in [0.5, 0.6) is 0 Å². The van der Waals surface area contributed by atoms with Crippen molar-refractivity contribution in [3.63, 3.8) is 0 Å². The van der Waals surface area contributed by atoms with Crippen LogP contribution in [0, 0.1) is 0 Å². The molecule has 16 heavy (non-hydrogen) atoms. The van der Waals surface area contributed by atoms with E-state index in [4.69, 9.17) is 4.42 Å². The number of anilines is 1. The highest BCUT2D eigenvalue weighted by Gasteiger charge is 2.09. The van der Waals surface area contributed by atoms with Gasteiger partial charge < -0.3 is 9.73 Å². The quantitative estimate of drug-likeness (QED) is 0.858. The van der Waals surface area contributed by atoms with Gasteiger partial charge in [0, 0.05) is 24.6 Å². The summed E-state index contributed by atoms with van der Waals surface area (Å²) in [4.78, 5) is 8.92. The number of furan rings is 1. The monoisotopic (exact) mass is 217 g/mol. The minimum atomic E-state index is 0.305. The molecule has 4 heteroatoms. The van der Waals surface area contributed by atoms with E-state index in [9.17, 15) is 0 Å². The number of nitrogens with zero attached hydrogens (tertiary/aromatic N) is 2. The Labute approximate surface area is 94.7 Å². The molecule has 0 bridgehead atoms. The van der Waals surface area contributed by atoms with Gasteiger partial charge in [-0.05, 0) is 6.07 Å². The fourth-order valence-electron chi connectivity index (χ4n) is 1.41. The highest BCUT2D eigenvalue weighted by molar-refractivity contribution is 5.61. The lowest BCUT2D eigenvalue weighted by Crippen LogP contribution is -2.02. The summed E-state index contributed by atoms with van der Waals surface area (Å²) in [5, 5.41) is 3.04. The van der Waals surface area contributed by atoms with Gasteiger partial charge >= 0.3 is 0 Å². The van der Waals surface area contributed by atoms with Crippen molar-refractivity contribution in [3.05, 3.63) is 30.5 Å². The summed E-state index contributed by atoms with van der Waals surface area (Å²) >= 11 is 0. The maximum absolute atomic E-state index is 5.06. The Morgan fingerprint density at radius 2 is 2.12 bits per heavy atom. The van der Waals surface area contributed by atoms with Gasteiger partial charge in [0.05, 0.1) is 18.2 Å². The predicted octanol–water partition coefficient (Wildman–Crippen LogP) is 2.90. The predicted molar refractivity (Wildman–Crippen MR) is 63.4 cm³/mol. The summed E-state index contributed by atoms with van der Waals surface area (Å²) in [6.07, 6.45) is 3.33. The van der Waals surface area contributed by atoms with E-state index in [0.29, 0.717) is 5.92 Å². The second-order valence-electron chi connectivity index (χ2n) is 3.91. The van der Waals surface area contributed by atoms with E-state index in [1.807, 2.05) is 19.2 Å². The fourth-order valence-corrected chi connectivity index (χ4v) is 1.41. The molecular formula is C12H15N3O. The lowest BCUT2D eigenvalue weighted by atomic mass is 10.2. The summed E-state index contributed by atoms with van der Waals surface area (Å²) in [5.74, 6) is 1.97. The van der Waals surface area contributed by atoms with Crippen LogP contribution in [0.4, 0.5) is 5.82 Å². The van der Waals surface area contributed by atoms with E-state index in [1.165, 1.54) is 0 Å². The van der Waals surface area contributed by atoms with Gasteiger partial charge in [-0.15, -0.1) is 0 Å². The average Bonchev–Trinajstić information content (AvgIpc) is 2.81. The second kappa shape index (κ2) is 4.35. The van der Waals surface area contributed by atoms with Gasteiger partial charge in [0.15, 0.2) is 0 Å². The van der Waals surface area contributed by atoms with Crippen molar-refractivity contribution in [1.82, 2.24) is 9.97 Å². The molecule has 0 aliphatic carbocycles. The Bertz CT molecular complexity index is 463. The summed E-state index contributed by atoms with van der Waals surface area (Å²) < 4.78 is 5.06. The highest BCUT2D eigenvalue weighted by Crippen LogP contribution is 2.22. The summed E-state index contributed by atoms with van der Waals surface area (Å²) in [7, 11) is 1.85. The molecular weight excluding hydrogens is 202 g/mol. The van der Waals surface area contributed by atoms with Crippen LogP contribution in [0.25, 0.3) is 11.3 Å². The number of rotatable bonds is 3. The molecule has 0 saturated heterocycles. The largest absolute Gasteiger partial charge is 0.472 e. The number of hydrogen-bond acceptors (Lipinski definition) is 4. The third-order valence-electron chi connectivity index (χ3n) is 2.33. The minimum Gasteiger partial charge on any atom is -0.472 e. The molecule has 4 nitrogen and oxygen atoms in total. The molecule has 0 atom stereocenters. The number of hydrogen-bond donors (Lipinski definition) is 1. The lowest BCUT2D eigenvalue weighted by molar-refractivity contribution is 0.568. The Morgan fingerprint density at radius 3 is 2.69 bits per heavy atom. The van der Waals surface area contributed by atoms with Crippen molar-refractivity contribution in [1.29, 1.82) is 0 Å². The van der Waals surface area contributed by atoms with Gasteiger partial charge in [0.1, 0.15) is 11.6 Å². The first-order valence-corrected chi connectivity index (χ1v) is 5.30. The molecule has 0 spiro atoms. The van der Waals surface area contributed by atoms with Crippen LogP contribution >= 0.6 is 0 Å². The van der Waals surface area contributed by atoms with Crippen molar-refractivity contribution in [2.24, 2.45) is 0 Å². The zero-order chi connectivity index (χ0) is 11.5. The third kappa shape index (κ3) is 2.05. The van der Waals surface area contributed by atoms with E-state index < -0.39 is 0 Å². The van der Waals surface area contributed by atoms with E-state index in [2.05, 4.69) is 29.1 Å². The molecule has 2 aromatic heterocycles. The standard InChI is InChI=1S/C12H15N3O/c1-8(2)12-14-10(6-11(13-3)15-12)9-4-5-16-7-9/h4-8H,1-3H3,(H,13,14,15). The van der Waals surface area contributed by atoms with Crippen LogP contribution in [0.15, 0.2) is 29.1 Å². The van der Waals surface area contributed by atoms with Gasteiger partial charge in [0.2, 0.25) is 0 Å². The number of nitrogens with one attached hydrogen (secondary N) is 1. The SMILES string of the molecule is CNc1cc(-c2ccoc2)nc(C(C)C)n1. The molecule has 0 aliphatic heterocycles. The van der Waals surface area contributed by atoms with Crippen LogP contribution in [0.2, 0.25) is 0 Å². The van der Waals surface area contributed by atoms with Gasteiger partial charge in [-0.1, -0.05) is 13.8 Å². The molecule has 0 fully saturated rings. The van der Waals surface area contributed by atoms with E-state index in [1.54, 1.807) is 12.5 Å². The normalized spacial score (nSPS) is 10.8. The van der Waals surface area contributed by atoms with E-state index >= 15 is 0 Å². The van der Waals surface area contributed by atoms with Crippen molar-refractivity contribution < 1.29 is 4.42 Å². The second-order valence-corrected chi connectivity index (χ2v) is 3.91. The summed E-state index contributed by atoms with van der Waals surface area (Å²) in [5.41, 5.74) is 1.86. The molecule has 0 amide bonds. The van der Waals surface area contributed by atoms with E-state index in [0.717, 1.165) is 22.9 Å².